The summed E-state index contributed by atoms with van der Waals surface area (Å²) in [7, 11) is -3.05. The van der Waals surface area contributed by atoms with Crippen LogP contribution >= 0.6 is 0 Å². The molecule has 17 heavy (non-hydrogen) atoms. The van der Waals surface area contributed by atoms with E-state index in [1.54, 1.807) is 0 Å². The predicted molar refractivity (Wildman–Crippen MR) is 66.9 cm³/mol. The fraction of sp³-hybridized carbons (Fsp3) is 0.500. The Kier molecular flexibility index (Phi) is 3.14. The van der Waals surface area contributed by atoms with E-state index in [2.05, 4.69) is 0 Å². The van der Waals surface area contributed by atoms with E-state index in [1.165, 1.54) is 6.26 Å². The third kappa shape index (κ3) is 2.98. The number of benzene rings is 1. The quantitative estimate of drug-likeness (QED) is 0.876. The minimum absolute atomic E-state index is 0.0256. The van der Waals surface area contributed by atoms with Crippen LogP contribution in [0.25, 0.3) is 0 Å². The summed E-state index contributed by atoms with van der Waals surface area (Å²) >= 11 is 0. The van der Waals surface area contributed by atoms with Crippen LogP contribution in [0.2, 0.25) is 0 Å². The number of hydrogen-bond donors (Lipinski definition) is 1. The first kappa shape index (κ1) is 12.4. The van der Waals surface area contributed by atoms with Gasteiger partial charge in [-0.25, -0.2) is 8.42 Å². The Morgan fingerprint density at radius 2 is 2.24 bits per heavy atom. The number of sulfone groups is 1. The van der Waals surface area contributed by atoms with E-state index in [0.29, 0.717) is 0 Å². The lowest BCUT2D eigenvalue weighted by atomic mass is 10.0. The van der Waals surface area contributed by atoms with Crippen LogP contribution in [0.1, 0.15) is 24.1 Å². The molecule has 1 aliphatic rings. The predicted octanol–water partition coefficient (Wildman–Crippen LogP) is 1.05. The molecule has 2 N–H and O–H groups in total. The average molecular weight is 255 g/mol. The van der Waals surface area contributed by atoms with Crippen molar-refractivity contribution in [2.24, 2.45) is 5.73 Å². The highest BCUT2D eigenvalue weighted by molar-refractivity contribution is 7.90. The molecule has 0 amide bonds. The molecule has 0 fully saturated rings. The van der Waals surface area contributed by atoms with Gasteiger partial charge in [-0.15, -0.1) is 0 Å². The average Bonchev–Trinajstić information content (AvgIpc) is 2.53. The molecule has 0 saturated heterocycles. The van der Waals surface area contributed by atoms with Crippen molar-refractivity contribution in [1.29, 1.82) is 0 Å². The minimum Gasteiger partial charge on any atom is -0.490 e. The van der Waals surface area contributed by atoms with Crippen LogP contribution in [0.3, 0.4) is 0 Å². The van der Waals surface area contributed by atoms with Crippen molar-refractivity contribution in [1.82, 2.24) is 0 Å². The normalized spacial score (nSPS) is 20.8. The minimum atomic E-state index is -3.05. The van der Waals surface area contributed by atoms with Crippen molar-refractivity contribution in [2.45, 2.75) is 25.5 Å². The molecule has 0 aliphatic carbocycles. The van der Waals surface area contributed by atoms with Crippen molar-refractivity contribution in [3.8, 4) is 5.75 Å². The molecule has 1 heterocycles. The lowest BCUT2D eigenvalue weighted by molar-refractivity contribution is 0.254. The molecular weight excluding hydrogens is 238 g/mol. The van der Waals surface area contributed by atoms with E-state index in [4.69, 9.17) is 10.5 Å². The van der Waals surface area contributed by atoms with Crippen molar-refractivity contribution in [3.63, 3.8) is 0 Å². The molecule has 1 aliphatic heterocycles. The molecule has 2 rings (SSSR count). The lowest BCUT2D eigenvalue weighted by Crippen LogP contribution is -2.20. The molecule has 0 radical (unpaired) electrons. The van der Waals surface area contributed by atoms with E-state index >= 15 is 0 Å². The number of ether oxygens (including phenoxy) is 1. The first-order valence-corrected chi connectivity index (χ1v) is 7.64. The van der Waals surface area contributed by atoms with Crippen LogP contribution in [-0.2, 0) is 16.3 Å². The second-order valence-electron chi connectivity index (χ2n) is 4.70. The van der Waals surface area contributed by atoms with Gasteiger partial charge in [0.1, 0.15) is 21.7 Å². The summed E-state index contributed by atoms with van der Waals surface area (Å²) in [6.45, 7) is 2.01. The summed E-state index contributed by atoms with van der Waals surface area (Å²) in [6, 6.07) is 5.20. The first-order chi connectivity index (χ1) is 7.85. The number of fused-ring (bicyclic) bond motifs is 1. The fourth-order valence-corrected chi connectivity index (χ4v) is 2.94. The second kappa shape index (κ2) is 4.31. The van der Waals surface area contributed by atoms with Gasteiger partial charge in [0.25, 0.3) is 0 Å². The Morgan fingerprint density at radius 1 is 1.53 bits per heavy atom. The van der Waals surface area contributed by atoms with E-state index in [0.717, 1.165) is 23.3 Å². The van der Waals surface area contributed by atoms with Crippen LogP contribution in [0, 0.1) is 0 Å². The molecule has 4 nitrogen and oxygen atoms in total. The maximum absolute atomic E-state index is 11.2. The van der Waals surface area contributed by atoms with Crippen LogP contribution in [0.15, 0.2) is 18.2 Å². The van der Waals surface area contributed by atoms with Gasteiger partial charge in [-0.05, 0) is 24.1 Å². The fourth-order valence-electron chi connectivity index (χ4n) is 2.09. The van der Waals surface area contributed by atoms with Crippen LogP contribution in [0.4, 0.5) is 0 Å². The highest BCUT2D eigenvalue weighted by Crippen LogP contribution is 2.30. The highest BCUT2D eigenvalue weighted by atomic mass is 32.2. The summed E-state index contributed by atoms with van der Waals surface area (Å²) in [5.41, 5.74) is 7.85. The van der Waals surface area contributed by atoms with E-state index < -0.39 is 15.9 Å². The summed E-state index contributed by atoms with van der Waals surface area (Å²) in [6.07, 6.45) is 2.24. The van der Waals surface area contributed by atoms with Crippen molar-refractivity contribution < 1.29 is 13.2 Å². The van der Waals surface area contributed by atoms with Gasteiger partial charge in [-0.2, -0.15) is 0 Å². The Bertz CT molecular complexity index is 525. The summed E-state index contributed by atoms with van der Waals surface area (Å²) in [4.78, 5) is 0. The zero-order valence-corrected chi connectivity index (χ0v) is 10.8. The molecule has 1 aromatic rings. The summed E-state index contributed by atoms with van der Waals surface area (Å²) < 4.78 is 28.0. The molecule has 2 unspecified atom stereocenters. The first-order valence-electron chi connectivity index (χ1n) is 5.58. The largest absolute Gasteiger partial charge is 0.490 e. The monoisotopic (exact) mass is 255 g/mol. The van der Waals surface area contributed by atoms with Crippen molar-refractivity contribution in [2.75, 3.05) is 12.0 Å². The van der Waals surface area contributed by atoms with E-state index in [1.807, 2.05) is 25.1 Å². The van der Waals surface area contributed by atoms with Gasteiger partial charge in [-0.1, -0.05) is 12.1 Å². The molecule has 0 aromatic heterocycles. The van der Waals surface area contributed by atoms with Gasteiger partial charge in [0.15, 0.2) is 0 Å². The Labute approximate surface area is 102 Å². The van der Waals surface area contributed by atoms with Gasteiger partial charge in [0, 0.05) is 18.7 Å². The van der Waals surface area contributed by atoms with E-state index in [-0.39, 0.29) is 11.9 Å². The molecule has 5 heteroatoms. The Hall–Kier alpha value is -1.07. The SMILES string of the molecule is CC1Cc2cc(C(N)CS(C)(=O)=O)ccc2O1. The standard InChI is InChI=1S/C12H17NO3S/c1-8-5-10-6-9(3-4-12(10)16-8)11(13)7-17(2,14)15/h3-4,6,8,11H,5,7,13H2,1-2H3. The van der Waals surface area contributed by atoms with Crippen LogP contribution in [0.5, 0.6) is 5.75 Å². The van der Waals surface area contributed by atoms with Gasteiger partial charge >= 0.3 is 0 Å². The maximum Gasteiger partial charge on any atom is 0.149 e. The molecule has 0 spiro atoms. The Morgan fingerprint density at radius 3 is 2.88 bits per heavy atom. The Balaban J connectivity index is 2.21. The summed E-state index contributed by atoms with van der Waals surface area (Å²) in [5, 5.41) is 0. The molecule has 0 bridgehead atoms. The van der Waals surface area contributed by atoms with Gasteiger partial charge < -0.3 is 10.5 Å². The number of rotatable bonds is 3. The molecule has 2 atom stereocenters. The maximum atomic E-state index is 11.2. The third-order valence-electron chi connectivity index (χ3n) is 2.83. The zero-order chi connectivity index (χ0) is 12.6. The van der Waals surface area contributed by atoms with Crippen molar-refractivity contribution in [3.05, 3.63) is 29.3 Å². The van der Waals surface area contributed by atoms with Crippen LogP contribution in [-0.4, -0.2) is 26.5 Å². The second-order valence-corrected chi connectivity index (χ2v) is 6.88. The van der Waals surface area contributed by atoms with Crippen molar-refractivity contribution >= 4 is 9.84 Å². The van der Waals surface area contributed by atoms with Gasteiger partial charge in [0.05, 0.1) is 5.75 Å². The van der Waals surface area contributed by atoms with E-state index in [9.17, 15) is 8.42 Å². The molecule has 0 saturated carbocycles. The third-order valence-corrected chi connectivity index (χ3v) is 3.80. The number of nitrogens with two attached hydrogens (primary N) is 1. The number of hydrogen-bond acceptors (Lipinski definition) is 4. The molecule has 1 aromatic carbocycles. The lowest BCUT2D eigenvalue weighted by Gasteiger charge is -2.11. The summed E-state index contributed by atoms with van der Waals surface area (Å²) in [5.74, 6) is 0.857. The van der Waals surface area contributed by atoms with Crippen LogP contribution < -0.4 is 10.5 Å². The highest BCUT2D eigenvalue weighted by Gasteiger charge is 2.21. The molecular formula is C12H17NO3S. The van der Waals surface area contributed by atoms with Gasteiger partial charge in [-0.3, -0.25) is 0 Å². The smallest absolute Gasteiger partial charge is 0.149 e. The topological polar surface area (TPSA) is 69.4 Å². The zero-order valence-electron chi connectivity index (χ0n) is 10.0. The molecule has 94 valence electrons. The van der Waals surface area contributed by atoms with Gasteiger partial charge in [0.2, 0.25) is 0 Å².